The Morgan fingerprint density at radius 2 is 2.10 bits per heavy atom. The third-order valence-corrected chi connectivity index (χ3v) is 2.48. The van der Waals surface area contributed by atoms with Crippen LogP contribution in [0.4, 0.5) is 10.3 Å². The summed E-state index contributed by atoms with van der Waals surface area (Å²) in [5.74, 6) is 4.52. The average molecular weight is 285 g/mol. The smallest absolute Gasteiger partial charge is 0.259 e. The van der Waals surface area contributed by atoms with Gasteiger partial charge in [-0.2, -0.15) is 0 Å². The maximum Gasteiger partial charge on any atom is 0.259 e. The minimum Gasteiger partial charge on any atom is -0.395 e. The Kier molecular flexibility index (Phi) is 4.96. The van der Waals surface area contributed by atoms with Gasteiger partial charge in [-0.15, -0.1) is 0 Å². The molecule has 1 aromatic heterocycles. The predicted octanol–water partition coefficient (Wildman–Crippen LogP) is 1.60. The fourth-order valence-electron chi connectivity index (χ4n) is 1.56. The summed E-state index contributed by atoms with van der Waals surface area (Å²) in [5, 5.41) is 11.2. The molecule has 0 bridgehead atoms. The van der Waals surface area contributed by atoms with Crippen molar-refractivity contribution >= 4 is 11.9 Å². The number of aliphatic hydroxyl groups excluding tert-OH is 1. The Balaban J connectivity index is 2.26. The summed E-state index contributed by atoms with van der Waals surface area (Å²) in [5.41, 5.74) is 0.464. The highest BCUT2D eigenvalue weighted by molar-refractivity contribution is 6.05. The normalized spacial score (nSPS) is 9.62. The van der Waals surface area contributed by atoms with Crippen molar-refractivity contribution < 1.29 is 14.3 Å². The van der Waals surface area contributed by atoms with E-state index in [0.29, 0.717) is 0 Å². The third-order valence-electron chi connectivity index (χ3n) is 2.48. The highest BCUT2D eigenvalue weighted by Gasteiger charge is 2.12. The minimum atomic E-state index is -0.490. The Morgan fingerprint density at radius 1 is 1.33 bits per heavy atom. The number of hydrogen-bond acceptors (Lipinski definition) is 4. The van der Waals surface area contributed by atoms with Crippen LogP contribution in [0.5, 0.6) is 0 Å². The molecule has 0 saturated heterocycles. The Labute approximate surface area is 120 Å². The lowest BCUT2D eigenvalue weighted by molar-refractivity contribution is 0.102. The summed E-state index contributed by atoms with van der Waals surface area (Å²) in [6, 6.07) is 5.32. The standard InChI is InChI=1S/C15H12FN3O2/c16-12-5-6-13(11(10-12)4-1-2-9-20)14(21)19-15-17-7-3-8-18-15/h3,5-8,10,20H,2,9H2,(H,17,18,19,21). The molecule has 21 heavy (non-hydrogen) atoms. The Bertz CT molecular complexity index is 693. The number of amides is 1. The number of aromatic nitrogens is 2. The van der Waals surface area contributed by atoms with Gasteiger partial charge in [-0.1, -0.05) is 11.8 Å². The molecule has 0 aliphatic heterocycles. The topological polar surface area (TPSA) is 75.1 Å². The number of halogens is 1. The quantitative estimate of drug-likeness (QED) is 0.840. The lowest BCUT2D eigenvalue weighted by atomic mass is 10.1. The zero-order valence-electron chi connectivity index (χ0n) is 11.0. The summed E-state index contributed by atoms with van der Waals surface area (Å²) in [6.45, 7) is -0.0955. The van der Waals surface area contributed by atoms with Crippen molar-refractivity contribution in [2.75, 3.05) is 11.9 Å². The summed E-state index contributed by atoms with van der Waals surface area (Å²) in [6.07, 6.45) is 3.24. The van der Waals surface area contributed by atoms with E-state index in [-0.39, 0.29) is 30.1 Å². The Hall–Kier alpha value is -2.78. The number of carbonyl (C=O) groups is 1. The van der Waals surface area contributed by atoms with Gasteiger partial charge in [0.25, 0.3) is 5.91 Å². The molecule has 0 aliphatic carbocycles. The maximum atomic E-state index is 13.3. The predicted molar refractivity (Wildman–Crippen MR) is 75.0 cm³/mol. The first kappa shape index (κ1) is 14.6. The molecular formula is C15H12FN3O2. The van der Waals surface area contributed by atoms with Gasteiger partial charge in [0.15, 0.2) is 0 Å². The van der Waals surface area contributed by atoms with E-state index in [0.717, 1.165) is 0 Å². The number of carbonyl (C=O) groups excluding carboxylic acids is 1. The van der Waals surface area contributed by atoms with Crippen LogP contribution in [0, 0.1) is 17.7 Å². The van der Waals surface area contributed by atoms with Crippen molar-refractivity contribution in [3.05, 3.63) is 53.6 Å². The van der Waals surface area contributed by atoms with Crippen LogP contribution in [0.25, 0.3) is 0 Å². The van der Waals surface area contributed by atoms with E-state index in [1.807, 2.05) is 0 Å². The SMILES string of the molecule is O=C(Nc1ncccn1)c1ccc(F)cc1C#CCCO. The van der Waals surface area contributed by atoms with Gasteiger partial charge in [0.2, 0.25) is 5.95 Å². The van der Waals surface area contributed by atoms with Gasteiger partial charge in [-0.25, -0.2) is 14.4 Å². The van der Waals surface area contributed by atoms with Crippen LogP contribution >= 0.6 is 0 Å². The van der Waals surface area contributed by atoms with Gasteiger partial charge >= 0.3 is 0 Å². The minimum absolute atomic E-state index is 0.0955. The van der Waals surface area contributed by atoms with E-state index in [1.165, 1.54) is 30.6 Å². The number of nitrogens with one attached hydrogen (secondary N) is 1. The van der Waals surface area contributed by atoms with E-state index in [4.69, 9.17) is 5.11 Å². The van der Waals surface area contributed by atoms with Gasteiger partial charge in [-0.3, -0.25) is 10.1 Å². The third kappa shape index (κ3) is 4.09. The van der Waals surface area contributed by atoms with Crippen LogP contribution in [0.2, 0.25) is 0 Å². The van der Waals surface area contributed by atoms with Crippen molar-refractivity contribution in [1.82, 2.24) is 9.97 Å². The molecule has 1 amide bonds. The van der Waals surface area contributed by atoms with Crippen molar-refractivity contribution in [2.24, 2.45) is 0 Å². The second kappa shape index (κ2) is 7.12. The van der Waals surface area contributed by atoms with E-state index >= 15 is 0 Å². The molecule has 0 radical (unpaired) electrons. The molecule has 0 atom stereocenters. The summed E-state index contributed by atoms with van der Waals surface area (Å²) in [7, 11) is 0. The first-order chi connectivity index (χ1) is 10.2. The van der Waals surface area contributed by atoms with Crippen LogP contribution in [0.1, 0.15) is 22.3 Å². The maximum absolute atomic E-state index is 13.3. The highest BCUT2D eigenvalue weighted by atomic mass is 19.1. The van der Waals surface area contributed by atoms with Crippen molar-refractivity contribution in [2.45, 2.75) is 6.42 Å². The first-order valence-corrected chi connectivity index (χ1v) is 6.18. The zero-order valence-corrected chi connectivity index (χ0v) is 11.0. The molecule has 106 valence electrons. The summed E-state index contributed by atoms with van der Waals surface area (Å²) in [4.78, 5) is 19.9. The highest BCUT2D eigenvalue weighted by Crippen LogP contribution is 2.12. The molecule has 6 heteroatoms. The van der Waals surface area contributed by atoms with Crippen LogP contribution in [0.3, 0.4) is 0 Å². The van der Waals surface area contributed by atoms with E-state index in [1.54, 1.807) is 6.07 Å². The fourth-order valence-corrected chi connectivity index (χ4v) is 1.56. The lowest BCUT2D eigenvalue weighted by Gasteiger charge is -2.05. The largest absolute Gasteiger partial charge is 0.395 e. The van der Waals surface area contributed by atoms with E-state index < -0.39 is 11.7 Å². The second-order valence-corrected chi connectivity index (χ2v) is 3.99. The lowest BCUT2D eigenvalue weighted by Crippen LogP contribution is -2.15. The molecule has 2 aromatic rings. The summed E-state index contributed by atoms with van der Waals surface area (Å²) >= 11 is 0. The molecule has 2 rings (SSSR count). The number of rotatable bonds is 3. The molecule has 1 aromatic carbocycles. The van der Waals surface area contributed by atoms with Gasteiger partial charge in [0.05, 0.1) is 12.2 Å². The van der Waals surface area contributed by atoms with Crippen molar-refractivity contribution in [3.8, 4) is 11.8 Å². The molecule has 0 unspecified atom stereocenters. The van der Waals surface area contributed by atoms with Crippen LogP contribution < -0.4 is 5.32 Å². The van der Waals surface area contributed by atoms with Crippen molar-refractivity contribution in [1.29, 1.82) is 0 Å². The van der Waals surface area contributed by atoms with Crippen molar-refractivity contribution in [3.63, 3.8) is 0 Å². The molecule has 0 aliphatic rings. The van der Waals surface area contributed by atoms with Gasteiger partial charge in [-0.05, 0) is 24.3 Å². The number of nitrogens with zero attached hydrogens (tertiary/aromatic N) is 2. The molecule has 5 nitrogen and oxygen atoms in total. The monoisotopic (exact) mass is 285 g/mol. The van der Waals surface area contributed by atoms with Gasteiger partial charge in [0.1, 0.15) is 5.82 Å². The second-order valence-electron chi connectivity index (χ2n) is 3.99. The number of anilines is 1. The van der Waals surface area contributed by atoms with Crippen LogP contribution in [-0.2, 0) is 0 Å². The molecule has 1 heterocycles. The van der Waals surface area contributed by atoms with E-state index in [9.17, 15) is 9.18 Å². The molecular weight excluding hydrogens is 273 g/mol. The molecule has 0 fully saturated rings. The van der Waals surface area contributed by atoms with Crippen LogP contribution in [-0.4, -0.2) is 27.6 Å². The molecule has 0 spiro atoms. The fraction of sp³-hybridized carbons (Fsp3) is 0.133. The summed E-state index contributed by atoms with van der Waals surface area (Å²) < 4.78 is 13.3. The first-order valence-electron chi connectivity index (χ1n) is 6.18. The number of aliphatic hydroxyl groups is 1. The zero-order chi connectivity index (χ0) is 15.1. The number of hydrogen-bond donors (Lipinski definition) is 2. The Morgan fingerprint density at radius 3 is 2.81 bits per heavy atom. The molecule has 2 N–H and O–H groups in total. The number of benzene rings is 1. The molecule has 0 saturated carbocycles. The van der Waals surface area contributed by atoms with Crippen LogP contribution in [0.15, 0.2) is 36.7 Å². The van der Waals surface area contributed by atoms with Gasteiger partial charge in [0, 0.05) is 24.4 Å². The van der Waals surface area contributed by atoms with Gasteiger partial charge < -0.3 is 5.11 Å². The average Bonchev–Trinajstić information content (AvgIpc) is 2.48. The van der Waals surface area contributed by atoms with E-state index in [2.05, 4.69) is 27.1 Å².